The van der Waals surface area contributed by atoms with Gasteiger partial charge in [-0.2, -0.15) is 0 Å². The number of benzene rings is 3. The zero-order valence-corrected chi connectivity index (χ0v) is 18.3. The summed E-state index contributed by atoms with van der Waals surface area (Å²) in [5.41, 5.74) is 4.55. The molecule has 0 fully saturated rings. The second kappa shape index (κ2) is 7.81. The third-order valence-electron chi connectivity index (χ3n) is 5.51. The first-order valence-electron chi connectivity index (χ1n) is 9.98. The molecule has 160 valence electrons. The number of rotatable bonds is 4. The molecule has 1 amide bonds. The summed E-state index contributed by atoms with van der Waals surface area (Å²) in [6, 6.07) is 15.4. The molecule has 1 heterocycles. The van der Waals surface area contributed by atoms with E-state index in [0.717, 1.165) is 34.5 Å². The Balaban J connectivity index is 1.64. The fourth-order valence-electron chi connectivity index (χ4n) is 3.90. The molecule has 3 aromatic carbocycles. The predicted molar refractivity (Wildman–Crippen MR) is 120 cm³/mol. The van der Waals surface area contributed by atoms with E-state index < -0.39 is 15.8 Å². The van der Waals surface area contributed by atoms with Crippen molar-refractivity contribution in [3.8, 4) is 0 Å². The number of amides is 1. The minimum Gasteiger partial charge on any atom is -0.322 e. The van der Waals surface area contributed by atoms with Crippen LogP contribution in [-0.4, -0.2) is 20.4 Å². The summed E-state index contributed by atoms with van der Waals surface area (Å²) in [6.45, 7) is 5.70. The molecule has 1 aliphatic rings. The van der Waals surface area contributed by atoms with Crippen LogP contribution in [0.2, 0.25) is 0 Å². The highest BCUT2D eigenvalue weighted by atomic mass is 32.2. The van der Waals surface area contributed by atoms with Crippen molar-refractivity contribution in [2.75, 3.05) is 9.62 Å². The van der Waals surface area contributed by atoms with Gasteiger partial charge in [-0.3, -0.25) is 9.10 Å². The van der Waals surface area contributed by atoms with Crippen molar-refractivity contribution in [1.82, 2.24) is 0 Å². The van der Waals surface area contributed by atoms with Crippen molar-refractivity contribution in [2.24, 2.45) is 0 Å². The Morgan fingerprint density at radius 2 is 1.74 bits per heavy atom. The highest BCUT2D eigenvalue weighted by Crippen LogP contribution is 2.37. The van der Waals surface area contributed by atoms with Crippen molar-refractivity contribution in [3.05, 3.63) is 88.7 Å². The summed E-state index contributed by atoms with van der Waals surface area (Å²) in [7, 11) is -3.84. The van der Waals surface area contributed by atoms with Gasteiger partial charge in [0.05, 0.1) is 10.6 Å². The predicted octanol–water partition coefficient (Wildman–Crippen LogP) is 4.83. The number of fused-ring (bicyclic) bond motifs is 1. The number of hydrogen-bond donors (Lipinski definition) is 1. The van der Waals surface area contributed by atoms with E-state index in [4.69, 9.17) is 0 Å². The van der Waals surface area contributed by atoms with Gasteiger partial charge in [-0.25, -0.2) is 12.8 Å². The molecule has 0 spiro atoms. The van der Waals surface area contributed by atoms with Crippen LogP contribution in [0.1, 0.15) is 34.0 Å². The normalized spacial score (nSPS) is 15.6. The highest BCUT2D eigenvalue weighted by molar-refractivity contribution is 7.92. The maximum Gasteiger partial charge on any atom is 0.264 e. The lowest BCUT2D eigenvalue weighted by Gasteiger charge is -2.24. The quantitative estimate of drug-likeness (QED) is 0.634. The molecule has 1 atom stereocenters. The average Bonchev–Trinajstić information content (AvgIpc) is 3.06. The molecule has 5 nitrogen and oxygen atoms in total. The minimum absolute atomic E-state index is 0.0327. The number of halogens is 1. The Hall–Kier alpha value is -3.19. The maximum absolute atomic E-state index is 13.2. The molecule has 1 aliphatic heterocycles. The Morgan fingerprint density at radius 1 is 1.03 bits per heavy atom. The van der Waals surface area contributed by atoms with Crippen molar-refractivity contribution in [1.29, 1.82) is 0 Å². The minimum atomic E-state index is -3.84. The Bertz CT molecular complexity index is 1270. The van der Waals surface area contributed by atoms with Gasteiger partial charge in [0.2, 0.25) is 0 Å². The van der Waals surface area contributed by atoms with Crippen LogP contribution < -0.4 is 9.62 Å². The van der Waals surface area contributed by atoms with E-state index in [9.17, 15) is 17.6 Å². The third-order valence-corrected chi connectivity index (χ3v) is 7.45. The summed E-state index contributed by atoms with van der Waals surface area (Å²) in [5, 5.41) is 2.94. The van der Waals surface area contributed by atoms with E-state index in [0.29, 0.717) is 17.7 Å². The van der Waals surface area contributed by atoms with Gasteiger partial charge in [0, 0.05) is 17.3 Å². The lowest BCUT2D eigenvalue weighted by Crippen LogP contribution is -2.35. The summed E-state index contributed by atoms with van der Waals surface area (Å²) < 4.78 is 40.9. The molecule has 0 aliphatic carbocycles. The number of carbonyl (C=O) groups excluding carboxylic acids is 1. The van der Waals surface area contributed by atoms with Crippen LogP contribution in [0.3, 0.4) is 0 Å². The first-order valence-corrected chi connectivity index (χ1v) is 11.4. The van der Waals surface area contributed by atoms with E-state index in [-0.39, 0.29) is 16.8 Å². The number of sulfonamides is 1. The van der Waals surface area contributed by atoms with Gasteiger partial charge in [0.15, 0.2) is 0 Å². The molecule has 0 radical (unpaired) electrons. The zero-order valence-electron chi connectivity index (χ0n) is 17.5. The van der Waals surface area contributed by atoms with Gasteiger partial charge < -0.3 is 5.32 Å². The van der Waals surface area contributed by atoms with E-state index in [1.54, 1.807) is 18.2 Å². The van der Waals surface area contributed by atoms with Gasteiger partial charge in [-0.1, -0.05) is 12.1 Å². The summed E-state index contributed by atoms with van der Waals surface area (Å²) in [4.78, 5) is 12.8. The number of hydrogen-bond acceptors (Lipinski definition) is 3. The molecule has 1 N–H and O–H groups in total. The molecular weight excluding hydrogens is 415 g/mol. The smallest absolute Gasteiger partial charge is 0.264 e. The summed E-state index contributed by atoms with van der Waals surface area (Å²) in [6.07, 6.45) is 0.486. The highest BCUT2D eigenvalue weighted by Gasteiger charge is 2.36. The fourth-order valence-corrected chi connectivity index (χ4v) is 5.59. The summed E-state index contributed by atoms with van der Waals surface area (Å²) in [5.74, 6) is -0.739. The van der Waals surface area contributed by atoms with Crippen molar-refractivity contribution in [2.45, 2.75) is 38.1 Å². The molecule has 7 heteroatoms. The first-order chi connectivity index (χ1) is 14.7. The van der Waals surface area contributed by atoms with Crippen LogP contribution in [0, 0.1) is 19.7 Å². The molecule has 3 aromatic rings. The van der Waals surface area contributed by atoms with Gasteiger partial charge in [0.25, 0.3) is 15.9 Å². The first kappa shape index (κ1) is 21.1. The lowest BCUT2D eigenvalue weighted by atomic mass is 10.1. The number of anilines is 2. The zero-order chi connectivity index (χ0) is 22.3. The van der Waals surface area contributed by atoms with Crippen LogP contribution in [-0.2, 0) is 16.4 Å². The monoisotopic (exact) mass is 438 g/mol. The largest absolute Gasteiger partial charge is 0.322 e. The molecule has 0 saturated carbocycles. The van der Waals surface area contributed by atoms with E-state index in [1.165, 1.54) is 16.4 Å². The maximum atomic E-state index is 13.2. The topological polar surface area (TPSA) is 66.5 Å². The fraction of sp³-hybridized carbons (Fsp3) is 0.208. The van der Waals surface area contributed by atoms with Gasteiger partial charge in [0.1, 0.15) is 5.82 Å². The number of nitrogens with one attached hydrogen (secondary N) is 1. The third kappa shape index (κ3) is 3.93. The van der Waals surface area contributed by atoms with Crippen LogP contribution in [0.25, 0.3) is 0 Å². The Morgan fingerprint density at radius 3 is 2.45 bits per heavy atom. The van der Waals surface area contributed by atoms with E-state index in [1.807, 2.05) is 39.0 Å². The molecule has 0 aromatic heterocycles. The van der Waals surface area contributed by atoms with Gasteiger partial charge in [-0.15, -0.1) is 0 Å². The Kier molecular flexibility index (Phi) is 5.31. The molecule has 0 unspecified atom stereocenters. The molecule has 0 bridgehead atoms. The second-order valence-corrected chi connectivity index (χ2v) is 9.74. The van der Waals surface area contributed by atoms with Crippen LogP contribution in [0.5, 0.6) is 0 Å². The van der Waals surface area contributed by atoms with Crippen LogP contribution >= 0.6 is 0 Å². The number of nitrogens with zero attached hydrogens (tertiary/aromatic N) is 1. The SMILES string of the molecule is Cc1ccc(C)c(NC(=O)c2ccc3c(c2)C[C@H](C)N3S(=O)(=O)c2ccc(F)cc2)c1. The van der Waals surface area contributed by atoms with Crippen LogP contribution in [0.15, 0.2) is 65.6 Å². The van der Waals surface area contributed by atoms with Crippen molar-refractivity contribution < 1.29 is 17.6 Å². The number of aryl methyl sites for hydroxylation is 2. The van der Waals surface area contributed by atoms with E-state index >= 15 is 0 Å². The molecule has 0 saturated heterocycles. The van der Waals surface area contributed by atoms with Crippen molar-refractivity contribution >= 4 is 27.3 Å². The van der Waals surface area contributed by atoms with Gasteiger partial charge in [-0.05, 0) is 92.4 Å². The lowest BCUT2D eigenvalue weighted by molar-refractivity contribution is 0.102. The van der Waals surface area contributed by atoms with Gasteiger partial charge >= 0.3 is 0 Å². The second-order valence-electron chi connectivity index (χ2n) is 7.92. The standard InChI is InChI=1S/C24H23FN2O3S/c1-15-4-5-16(2)22(12-15)26-24(28)18-6-11-23-19(14-18)13-17(3)27(23)31(29,30)21-9-7-20(25)8-10-21/h4-12,14,17H,13H2,1-3H3,(H,26,28)/t17-/m0/s1. The molecular formula is C24H23FN2O3S. The molecule has 4 rings (SSSR count). The van der Waals surface area contributed by atoms with Crippen molar-refractivity contribution in [3.63, 3.8) is 0 Å². The van der Waals surface area contributed by atoms with Crippen LogP contribution in [0.4, 0.5) is 15.8 Å². The summed E-state index contributed by atoms with van der Waals surface area (Å²) >= 11 is 0. The number of carbonyl (C=O) groups is 1. The molecule has 31 heavy (non-hydrogen) atoms. The Labute approximate surface area is 181 Å². The average molecular weight is 439 g/mol. The van der Waals surface area contributed by atoms with E-state index in [2.05, 4.69) is 5.32 Å².